The van der Waals surface area contributed by atoms with E-state index in [1.54, 1.807) is 25.2 Å². The van der Waals surface area contributed by atoms with Gasteiger partial charge in [-0.05, 0) is 30.7 Å². The number of hydrogen-bond donors (Lipinski definition) is 1. The number of carbonyl (C=O) groups excluding carboxylic acids is 1. The van der Waals surface area contributed by atoms with E-state index < -0.39 is 5.56 Å². The molecule has 130 valence electrons. The zero-order valence-corrected chi connectivity index (χ0v) is 15.0. The average molecular weight is 358 g/mol. The lowest BCUT2D eigenvalue weighted by Crippen LogP contribution is -2.17. The van der Waals surface area contributed by atoms with E-state index in [9.17, 15) is 9.59 Å². The number of aromatic nitrogens is 3. The van der Waals surface area contributed by atoms with Gasteiger partial charge in [-0.3, -0.25) is 9.59 Å². The Kier molecular flexibility index (Phi) is 4.54. The van der Waals surface area contributed by atoms with Crippen molar-refractivity contribution in [1.82, 2.24) is 14.6 Å². The van der Waals surface area contributed by atoms with E-state index in [-0.39, 0.29) is 28.8 Å². The second-order valence-electron chi connectivity index (χ2n) is 5.79. The van der Waals surface area contributed by atoms with Gasteiger partial charge >= 0.3 is 0 Å². The van der Waals surface area contributed by atoms with Crippen molar-refractivity contribution >= 4 is 34.0 Å². The molecule has 0 fully saturated rings. The number of nitrogens with two attached hydrogens (primary N) is 1. The molecular formula is C17H18N4O3S. The number of anilines is 1. The third-order valence-corrected chi connectivity index (χ3v) is 4.79. The van der Waals surface area contributed by atoms with Gasteiger partial charge in [0.1, 0.15) is 10.8 Å². The molecule has 3 rings (SSSR count). The van der Waals surface area contributed by atoms with Gasteiger partial charge in [0.15, 0.2) is 5.76 Å². The summed E-state index contributed by atoms with van der Waals surface area (Å²) in [5.41, 5.74) is 6.59. The van der Waals surface area contributed by atoms with Crippen molar-refractivity contribution in [3.8, 4) is 0 Å². The van der Waals surface area contributed by atoms with Crippen LogP contribution >= 0.6 is 11.3 Å². The van der Waals surface area contributed by atoms with Crippen molar-refractivity contribution in [2.24, 2.45) is 0 Å². The van der Waals surface area contributed by atoms with E-state index in [1.165, 1.54) is 21.9 Å². The molecule has 2 heterocycles. The van der Waals surface area contributed by atoms with Gasteiger partial charge in [-0.2, -0.15) is 14.6 Å². The standard InChI is InChI=1S/C17H18N4O3S/c1-4-24-13-8-10(5-6-12(13)22)7-11-14(18)21-17(19-15(11)23)25-16(20-21)9(2)3/h5-9H,4,18H2,1-3H3. The lowest BCUT2D eigenvalue weighted by Gasteiger charge is -2.10. The van der Waals surface area contributed by atoms with Gasteiger partial charge in [0, 0.05) is 5.92 Å². The highest BCUT2D eigenvalue weighted by molar-refractivity contribution is 7.16. The van der Waals surface area contributed by atoms with E-state index in [0.717, 1.165) is 5.01 Å². The van der Waals surface area contributed by atoms with Crippen LogP contribution in [-0.2, 0) is 9.53 Å². The normalized spacial score (nSPS) is 16.1. The maximum atomic E-state index is 12.4. The Morgan fingerprint density at radius 1 is 1.36 bits per heavy atom. The number of rotatable bonds is 4. The van der Waals surface area contributed by atoms with Crippen LogP contribution in [0.25, 0.3) is 11.0 Å². The molecule has 0 atom stereocenters. The maximum Gasteiger partial charge on any atom is 0.283 e. The molecule has 2 aromatic heterocycles. The van der Waals surface area contributed by atoms with E-state index in [4.69, 9.17) is 10.5 Å². The number of nitrogen functional groups attached to an aromatic ring is 1. The molecule has 1 aliphatic carbocycles. The van der Waals surface area contributed by atoms with E-state index in [2.05, 4.69) is 10.1 Å². The molecule has 0 amide bonds. The summed E-state index contributed by atoms with van der Waals surface area (Å²) in [5.74, 6) is 0.465. The smallest absolute Gasteiger partial charge is 0.283 e. The molecule has 8 heteroatoms. The second-order valence-corrected chi connectivity index (χ2v) is 6.78. The van der Waals surface area contributed by atoms with Crippen LogP contribution in [0.5, 0.6) is 0 Å². The fraction of sp³-hybridized carbons (Fsp3) is 0.294. The minimum absolute atomic E-state index is 0.210. The molecule has 0 bridgehead atoms. The van der Waals surface area contributed by atoms with E-state index >= 15 is 0 Å². The third kappa shape index (κ3) is 3.25. The predicted octanol–water partition coefficient (Wildman–Crippen LogP) is 2.30. The molecule has 7 nitrogen and oxygen atoms in total. The third-order valence-electron chi connectivity index (χ3n) is 3.58. The van der Waals surface area contributed by atoms with Crippen molar-refractivity contribution in [1.29, 1.82) is 0 Å². The Morgan fingerprint density at radius 2 is 2.12 bits per heavy atom. The summed E-state index contributed by atoms with van der Waals surface area (Å²) in [6, 6.07) is 0. The van der Waals surface area contributed by atoms with Crippen LogP contribution in [-0.4, -0.2) is 27.0 Å². The lowest BCUT2D eigenvalue weighted by atomic mass is 10.0. The largest absolute Gasteiger partial charge is 0.490 e. The van der Waals surface area contributed by atoms with Crippen molar-refractivity contribution in [3.63, 3.8) is 0 Å². The summed E-state index contributed by atoms with van der Waals surface area (Å²) in [4.78, 5) is 28.6. The lowest BCUT2D eigenvalue weighted by molar-refractivity contribution is -0.114. The maximum absolute atomic E-state index is 12.4. The first-order chi connectivity index (χ1) is 11.9. The highest BCUT2D eigenvalue weighted by Crippen LogP contribution is 2.24. The first kappa shape index (κ1) is 17.1. The summed E-state index contributed by atoms with van der Waals surface area (Å²) in [6.07, 6.45) is 6.18. The van der Waals surface area contributed by atoms with Crippen LogP contribution in [0.15, 0.2) is 34.4 Å². The molecular weight excluding hydrogens is 340 g/mol. The number of hydrogen-bond acceptors (Lipinski definition) is 7. The van der Waals surface area contributed by atoms with Gasteiger partial charge in [-0.1, -0.05) is 31.3 Å². The molecule has 0 saturated heterocycles. The van der Waals surface area contributed by atoms with Crippen LogP contribution in [0.4, 0.5) is 5.82 Å². The minimum atomic E-state index is -0.430. The van der Waals surface area contributed by atoms with Crippen molar-refractivity contribution in [3.05, 3.63) is 50.5 Å². The second kappa shape index (κ2) is 6.64. The van der Waals surface area contributed by atoms with Crippen LogP contribution in [0.3, 0.4) is 0 Å². The molecule has 0 saturated carbocycles. The fourth-order valence-electron chi connectivity index (χ4n) is 2.31. The minimum Gasteiger partial charge on any atom is -0.490 e. The molecule has 2 N–H and O–H groups in total. The fourth-order valence-corrected chi connectivity index (χ4v) is 3.21. The van der Waals surface area contributed by atoms with Crippen molar-refractivity contribution in [2.45, 2.75) is 26.7 Å². The van der Waals surface area contributed by atoms with Crippen LogP contribution in [0, 0.1) is 0 Å². The summed E-state index contributed by atoms with van der Waals surface area (Å²) in [6.45, 7) is 6.21. The Labute approximate surface area is 148 Å². The number of allylic oxidation sites excluding steroid dienone is 4. The predicted molar refractivity (Wildman–Crippen MR) is 97.5 cm³/mol. The van der Waals surface area contributed by atoms with Gasteiger partial charge in [-0.15, -0.1) is 0 Å². The number of fused-ring (bicyclic) bond motifs is 1. The first-order valence-corrected chi connectivity index (χ1v) is 8.70. The van der Waals surface area contributed by atoms with Crippen molar-refractivity contribution in [2.75, 3.05) is 12.3 Å². The molecule has 1 aliphatic rings. The molecule has 0 unspecified atom stereocenters. The molecule has 0 radical (unpaired) electrons. The molecule has 25 heavy (non-hydrogen) atoms. The Hall–Kier alpha value is -2.74. The molecule has 0 aliphatic heterocycles. The van der Waals surface area contributed by atoms with Crippen LogP contribution < -0.4 is 11.3 Å². The Balaban J connectivity index is 2.11. The number of nitrogens with zero attached hydrogens (tertiary/aromatic N) is 3. The SMILES string of the molecule is CCOC1=CC(=Cc2c(N)n3nc(C(C)C)sc3nc2=O)C=CC1=O. The zero-order chi connectivity index (χ0) is 18.1. The average Bonchev–Trinajstić information content (AvgIpc) is 2.99. The Bertz CT molecular complexity index is 995. The van der Waals surface area contributed by atoms with Gasteiger partial charge < -0.3 is 10.5 Å². The summed E-state index contributed by atoms with van der Waals surface area (Å²) >= 11 is 1.35. The summed E-state index contributed by atoms with van der Waals surface area (Å²) < 4.78 is 6.79. The van der Waals surface area contributed by atoms with Crippen molar-refractivity contribution < 1.29 is 9.53 Å². The summed E-state index contributed by atoms with van der Waals surface area (Å²) in [5, 5.41) is 5.28. The van der Waals surface area contributed by atoms with E-state index in [1.807, 2.05) is 13.8 Å². The quantitative estimate of drug-likeness (QED) is 0.900. The topological polar surface area (TPSA) is 99.6 Å². The Morgan fingerprint density at radius 3 is 2.80 bits per heavy atom. The van der Waals surface area contributed by atoms with Crippen LogP contribution in [0.2, 0.25) is 0 Å². The number of carbonyl (C=O) groups is 1. The van der Waals surface area contributed by atoms with Crippen LogP contribution in [0.1, 0.15) is 37.3 Å². The summed E-state index contributed by atoms with van der Waals surface area (Å²) in [7, 11) is 0. The van der Waals surface area contributed by atoms with E-state index in [0.29, 0.717) is 17.1 Å². The monoisotopic (exact) mass is 358 g/mol. The zero-order valence-electron chi connectivity index (χ0n) is 14.1. The number of ether oxygens (including phenoxy) is 1. The highest BCUT2D eigenvalue weighted by atomic mass is 32.1. The van der Waals surface area contributed by atoms with Gasteiger partial charge in [0.05, 0.1) is 12.2 Å². The highest BCUT2D eigenvalue weighted by Gasteiger charge is 2.17. The molecule has 2 aromatic rings. The van der Waals surface area contributed by atoms with Gasteiger partial charge in [-0.25, -0.2) is 0 Å². The van der Waals surface area contributed by atoms with Gasteiger partial charge in [0.2, 0.25) is 10.7 Å². The molecule has 0 aromatic carbocycles. The first-order valence-electron chi connectivity index (χ1n) is 7.88. The number of ketones is 1. The van der Waals surface area contributed by atoms with Gasteiger partial charge in [0.25, 0.3) is 5.56 Å². The molecule has 0 spiro atoms.